The number of pyridine rings is 1. The largest absolute Gasteiger partial charge is 0.282 e. The zero-order valence-corrected chi connectivity index (χ0v) is 14.1. The molecule has 27 heavy (non-hydrogen) atoms. The van der Waals surface area contributed by atoms with Crippen molar-refractivity contribution >= 4 is 23.1 Å². The summed E-state index contributed by atoms with van der Waals surface area (Å²) in [6.07, 6.45) is 1.58. The molecule has 0 aliphatic carbocycles. The Morgan fingerprint density at radius 3 is 2.63 bits per heavy atom. The number of amides is 2. The third kappa shape index (κ3) is 2.48. The molecule has 9 heteroatoms. The Bertz CT molecular complexity index is 1210. The summed E-state index contributed by atoms with van der Waals surface area (Å²) in [6, 6.07) is 8.65. The molecule has 2 amide bonds. The van der Waals surface area contributed by atoms with Gasteiger partial charge in [-0.25, -0.2) is 4.98 Å². The molecule has 1 aliphatic heterocycles. The molecule has 1 aliphatic rings. The van der Waals surface area contributed by atoms with Gasteiger partial charge in [-0.05, 0) is 24.6 Å². The normalized spacial score (nSPS) is 13.3. The van der Waals surface area contributed by atoms with Gasteiger partial charge in [0.25, 0.3) is 23.1 Å². The molecule has 1 aromatic carbocycles. The molecule has 0 N–H and O–H groups in total. The second-order valence-electron chi connectivity index (χ2n) is 6.12. The SMILES string of the molecule is Cc1cccn2c(=O)cc(CN3C(=O)c4cccc([N+](=O)[O-])c4C3=O)nc12. The van der Waals surface area contributed by atoms with Gasteiger partial charge < -0.3 is 0 Å². The second-order valence-corrected chi connectivity index (χ2v) is 6.12. The Morgan fingerprint density at radius 1 is 1.11 bits per heavy atom. The van der Waals surface area contributed by atoms with Crippen LogP contribution < -0.4 is 5.56 Å². The van der Waals surface area contributed by atoms with Crippen LogP contribution in [0.5, 0.6) is 0 Å². The number of fused-ring (bicyclic) bond motifs is 2. The van der Waals surface area contributed by atoms with Crippen molar-refractivity contribution in [3.63, 3.8) is 0 Å². The first-order valence-electron chi connectivity index (χ1n) is 8.00. The molecule has 3 aromatic rings. The van der Waals surface area contributed by atoms with Gasteiger partial charge in [0.2, 0.25) is 0 Å². The second kappa shape index (κ2) is 5.84. The van der Waals surface area contributed by atoms with Crippen LogP contribution in [0.1, 0.15) is 32.0 Å². The van der Waals surface area contributed by atoms with Crippen LogP contribution in [0.15, 0.2) is 47.4 Å². The molecule has 4 rings (SSSR count). The summed E-state index contributed by atoms with van der Waals surface area (Å²) in [5, 5.41) is 11.2. The number of benzene rings is 1. The third-order valence-electron chi connectivity index (χ3n) is 4.43. The minimum atomic E-state index is -0.769. The summed E-state index contributed by atoms with van der Waals surface area (Å²) in [5.74, 6) is -1.42. The van der Waals surface area contributed by atoms with Crippen molar-refractivity contribution in [2.45, 2.75) is 13.5 Å². The van der Waals surface area contributed by atoms with E-state index in [1.54, 1.807) is 25.3 Å². The average Bonchev–Trinajstić information content (AvgIpc) is 2.88. The average molecular weight is 364 g/mol. The van der Waals surface area contributed by atoms with Gasteiger partial charge in [-0.2, -0.15) is 0 Å². The van der Waals surface area contributed by atoms with Crippen LogP contribution in [0.3, 0.4) is 0 Å². The number of nitro benzene ring substituents is 1. The van der Waals surface area contributed by atoms with Gasteiger partial charge in [-0.1, -0.05) is 12.1 Å². The van der Waals surface area contributed by atoms with Gasteiger partial charge in [-0.15, -0.1) is 0 Å². The minimum Gasteiger partial charge on any atom is -0.269 e. The van der Waals surface area contributed by atoms with E-state index < -0.39 is 22.4 Å². The smallest absolute Gasteiger partial charge is 0.269 e. The lowest BCUT2D eigenvalue weighted by atomic mass is 10.1. The zero-order chi connectivity index (χ0) is 19.3. The molecule has 134 valence electrons. The summed E-state index contributed by atoms with van der Waals surface area (Å²) in [6.45, 7) is 1.54. The van der Waals surface area contributed by atoms with Gasteiger partial charge >= 0.3 is 0 Å². The van der Waals surface area contributed by atoms with Crippen molar-refractivity contribution in [2.24, 2.45) is 0 Å². The molecule has 0 saturated carbocycles. The maximum absolute atomic E-state index is 12.6. The standard InChI is InChI=1S/C18H12N4O5/c1-10-4-3-7-20-14(23)8-11(19-16(10)20)9-21-17(24)12-5-2-6-13(22(26)27)15(12)18(21)25/h2-8H,9H2,1H3. The van der Waals surface area contributed by atoms with Crippen LogP contribution in [-0.2, 0) is 6.54 Å². The van der Waals surface area contributed by atoms with Crippen molar-refractivity contribution in [2.75, 3.05) is 0 Å². The van der Waals surface area contributed by atoms with Crippen molar-refractivity contribution in [1.29, 1.82) is 0 Å². The predicted molar refractivity (Wildman–Crippen MR) is 93.5 cm³/mol. The summed E-state index contributed by atoms with van der Waals surface area (Å²) in [5.41, 5.74) is 0.379. The molecule has 0 atom stereocenters. The first-order valence-corrected chi connectivity index (χ1v) is 8.00. The molecule has 0 unspecified atom stereocenters. The number of imide groups is 1. The number of aryl methyl sites for hydroxylation is 1. The predicted octanol–water partition coefficient (Wildman–Crippen LogP) is 1.71. The van der Waals surface area contributed by atoms with Crippen LogP contribution in [0, 0.1) is 17.0 Å². The maximum Gasteiger partial charge on any atom is 0.282 e. The van der Waals surface area contributed by atoms with Crippen LogP contribution in [0.25, 0.3) is 5.65 Å². The molecular formula is C18H12N4O5. The number of hydrogen-bond acceptors (Lipinski definition) is 6. The molecule has 0 fully saturated rings. The number of nitro groups is 1. The molecule has 0 saturated heterocycles. The summed E-state index contributed by atoms with van der Waals surface area (Å²) < 4.78 is 1.37. The van der Waals surface area contributed by atoms with Crippen LogP contribution in [0.4, 0.5) is 5.69 Å². The van der Waals surface area contributed by atoms with Gasteiger partial charge in [0, 0.05) is 18.3 Å². The van der Waals surface area contributed by atoms with Gasteiger partial charge in [0.1, 0.15) is 11.2 Å². The first kappa shape index (κ1) is 16.6. The zero-order valence-electron chi connectivity index (χ0n) is 14.1. The van der Waals surface area contributed by atoms with Gasteiger partial charge in [0.15, 0.2) is 0 Å². The Labute approximate surface area is 151 Å². The Morgan fingerprint density at radius 2 is 1.89 bits per heavy atom. The molecule has 0 spiro atoms. The Kier molecular flexibility index (Phi) is 3.58. The quantitative estimate of drug-likeness (QED) is 0.397. The number of carbonyl (C=O) groups is 2. The number of carbonyl (C=O) groups excluding carboxylic acids is 2. The molecule has 3 heterocycles. The van der Waals surface area contributed by atoms with Crippen LogP contribution >= 0.6 is 0 Å². The highest BCUT2D eigenvalue weighted by Crippen LogP contribution is 2.31. The summed E-state index contributed by atoms with van der Waals surface area (Å²) >= 11 is 0. The number of rotatable bonds is 3. The lowest BCUT2D eigenvalue weighted by Gasteiger charge is -2.14. The fourth-order valence-electron chi connectivity index (χ4n) is 3.16. The third-order valence-corrected chi connectivity index (χ3v) is 4.43. The lowest BCUT2D eigenvalue weighted by molar-refractivity contribution is -0.385. The van der Waals surface area contributed by atoms with E-state index in [-0.39, 0.29) is 28.9 Å². The molecule has 9 nitrogen and oxygen atoms in total. The summed E-state index contributed by atoms with van der Waals surface area (Å²) in [7, 11) is 0. The van der Waals surface area contributed by atoms with E-state index in [0.29, 0.717) is 5.65 Å². The fourth-order valence-corrected chi connectivity index (χ4v) is 3.16. The van der Waals surface area contributed by atoms with Crippen molar-refractivity contribution < 1.29 is 14.5 Å². The van der Waals surface area contributed by atoms with Crippen LogP contribution in [0.2, 0.25) is 0 Å². The molecule has 0 bridgehead atoms. The Hall–Kier alpha value is -3.88. The summed E-state index contributed by atoms with van der Waals surface area (Å²) in [4.78, 5) is 53.2. The van der Waals surface area contributed by atoms with Gasteiger partial charge in [0.05, 0.1) is 22.7 Å². The molecular weight excluding hydrogens is 352 g/mol. The Balaban J connectivity index is 1.77. The fraction of sp³-hybridized carbons (Fsp3) is 0.111. The van der Waals surface area contributed by atoms with E-state index in [1.807, 2.05) is 0 Å². The van der Waals surface area contributed by atoms with Crippen molar-refractivity contribution in [3.05, 3.63) is 85.4 Å². The number of hydrogen-bond donors (Lipinski definition) is 0. The molecule has 0 radical (unpaired) electrons. The van der Waals surface area contributed by atoms with E-state index in [4.69, 9.17) is 0 Å². The maximum atomic E-state index is 12.6. The topological polar surface area (TPSA) is 115 Å². The highest BCUT2D eigenvalue weighted by molar-refractivity contribution is 6.23. The van der Waals surface area contributed by atoms with E-state index in [0.717, 1.165) is 10.5 Å². The minimum absolute atomic E-state index is 0.0251. The van der Waals surface area contributed by atoms with Crippen LogP contribution in [-0.4, -0.2) is 31.0 Å². The highest BCUT2D eigenvalue weighted by atomic mass is 16.6. The number of nitrogens with zero attached hydrogens (tertiary/aromatic N) is 4. The van der Waals surface area contributed by atoms with E-state index in [1.165, 1.54) is 28.7 Å². The lowest BCUT2D eigenvalue weighted by Crippen LogP contribution is -2.30. The monoisotopic (exact) mass is 364 g/mol. The van der Waals surface area contributed by atoms with E-state index in [2.05, 4.69) is 4.98 Å². The first-order chi connectivity index (χ1) is 12.9. The van der Waals surface area contributed by atoms with E-state index >= 15 is 0 Å². The van der Waals surface area contributed by atoms with E-state index in [9.17, 15) is 24.5 Å². The van der Waals surface area contributed by atoms with Gasteiger partial charge in [-0.3, -0.25) is 33.8 Å². The van der Waals surface area contributed by atoms with Crippen molar-refractivity contribution in [3.8, 4) is 0 Å². The van der Waals surface area contributed by atoms with Crippen molar-refractivity contribution in [1.82, 2.24) is 14.3 Å². The molecule has 2 aromatic heterocycles. The number of aromatic nitrogens is 2. The highest BCUT2D eigenvalue weighted by Gasteiger charge is 2.41.